The first-order chi connectivity index (χ1) is 12.7. The van der Waals surface area contributed by atoms with Gasteiger partial charge in [0.1, 0.15) is 12.0 Å². The van der Waals surface area contributed by atoms with E-state index in [2.05, 4.69) is 20.3 Å². The lowest BCUT2D eigenvalue weighted by Crippen LogP contribution is -2.40. The van der Waals surface area contributed by atoms with Gasteiger partial charge >= 0.3 is 0 Å². The molecule has 0 radical (unpaired) electrons. The normalized spacial score (nSPS) is 22.7. The average molecular weight is 355 g/mol. The molecule has 2 aromatic heterocycles. The van der Waals surface area contributed by atoms with E-state index in [1.807, 2.05) is 0 Å². The summed E-state index contributed by atoms with van der Waals surface area (Å²) in [5.74, 6) is 0.448. The largest absolute Gasteiger partial charge is 0.381 e. The maximum Gasteiger partial charge on any atom is 0.270 e. The van der Waals surface area contributed by atoms with E-state index >= 15 is 0 Å². The maximum absolute atomic E-state index is 13.0. The number of amides is 1. The van der Waals surface area contributed by atoms with E-state index in [9.17, 15) is 4.79 Å². The zero-order valence-electron chi connectivity index (χ0n) is 15.1. The van der Waals surface area contributed by atoms with Crippen molar-refractivity contribution in [2.45, 2.75) is 63.5 Å². The van der Waals surface area contributed by atoms with Crippen LogP contribution in [0.5, 0.6) is 0 Å². The molecule has 7 heteroatoms. The highest BCUT2D eigenvalue weighted by Crippen LogP contribution is 2.25. The van der Waals surface area contributed by atoms with Crippen molar-refractivity contribution in [2.24, 2.45) is 0 Å². The van der Waals surface area contributed by atoms with Crippen LogP contribution >= 0.6 is 0 Å². The second-order valence-corrected chi connectivity index (χ2v) is 7.16. The fraction of sp³-hybridized carbons (Fsp3) is 0.579. The van der Waals surface area contributed by atoms with E-state index in [0.29, 0.717) is 17.7 Å². The predicted molar refractivity (Wildman–Crippen MR) is 96.3 cm³/mol. The van der Waals surface area contributed by atoms with Gasteiger partial charge in [-0.3, -0.25) is 9.36 Å². The van der Waals surface area contributed by atoms with Crippen molar-refractivity contribution in [2.75, 3.05) is 7.11 Å². The Morgan fingerprint density at radius 2 is 2.00 bits per heavy atom. The van der Waals surface area contributed by atoms with Gasteiger partial charge in [0, 0.05) is 36.8 Å². The Labute approximate surface area is 153 Å². The van der Waals surface area contributed by atoms with E-state index in [1.54, 1.807) is 30.4 Å². The fourth-order valence-electron chi connectivity index (χ4n) is 3.96. The van der Waals surface area contributed by atoms with Crippen molar-refractivity contribution >= 4 is 5.91 Å². The molecule has 26 heavy (non-hydrogen) atoms. The molecule has 2 aromatic rings. The first-order valence-electron chi connectivity index (χ1n) is 9.46. The third kappa shape index (κ3) is 3.49. The molecule has 7 nitrogen and oxygen atoms in total. The lowest BCUT2D eigenvalue weighted by molar-refractivity contribution is 0.0598. The molecule has 1 N–H and O–H groups in total. The van der Waals surface area contributed by atoms with Gasteiger partial charge in [-0.05, 0) is 51.4 Å². The summed E-state index contributed by atoms with van der Waals surface area (Å²) in [5.41, 5.74) is 2.55. The van der Waals surface area contributed by atoms with Gasteiger partial charge in [-0.15, -0.1) is 0 Å². The molecular weight excluding hydrogens is 330 g/mol. The van der Waals surface area contributed by atoms with Crippen LogP contribution in [0.15, 0.2) is 18.7 Å². The Morgan fingerprint density at radius 3 is 2.73 bits per heavy atom. The van der Waals surface area contributed by atoms with Crippen LogP contribution in [0.2, 0.25) is 0 Å². The molecule has 4 rings (SSSR count). The average Bonchev–Trinajstić information content (AvgIpc) is 3.22. The van der Waals surface area contributed by atoms with Crippen LogP contribution in [0.1, 0.15) is 60.3 Å². The summed E-state index contributed by atoms with van der Waals surface area (Å²) in [6.45, 7) is 0. The summed E-state index contributed by atoms with van der Waals surface area (Å²) in [6, 6.07) is 0.194. The highest BCUT2D eigenvalue weighted by Gasteiger charge is 2.26. The number of methoxy groups -OCH3 is 1. The van der Waals surface area contributed by atoms with Gasteiger partial charge in [-0.25, -0.2) is 15.0 Å². The highest BCUT2D eigenvalue weighted by atomic mass is 16.5. The van der Waals surface area contributed by atoms with Gasteiger partial charge < -0.3 is 10.1 Å². The zero-order valence-corrected chi connectivity index (χ0v) is 15.1. The van der Waals surface area contributed by atoms with Crippen molar-refractivity contribution < 1.29 is 9.53 Å². The van der Waals surface area contributed by atoms with Crippen molar-refractivity contribution in [1.29, 1.82) is 0 Å². The van der Waals surface area contributed by atoms with Gasteiger partial charge in [0.25, 0.3) is 5.91 Å². The van der Waals surface area contributed by atoms with E-state index in [-0.39, 0.29) is 11.9 Å². The van der Waals surface area contributed by atoms with Crippen molar-refractivity contribution in [1.82, 2.24) is 24.8 Å². The summed E-state index contributed by atoms with van der Waals surface area (Å²) in [4.78, 5) is 26.3. The monoisotopic (exact) mass is 355 g/mol. The SMILES string of the molecule is CO[C@H]1CC[C@H](NC(=O)c2nc(-n3ccnc3)nc3c2CCCC3)CC1. The number of hydrogen-bond acceptors (Lipinski definition) is 5. The van der Waals surface area contributed by atoms with Crippen LogP contribution in [0.25, 0.3) is 5.95 Å². The second kappa shape index (κ2) is 7.53. The van der Waals surface area contributed by atoms with Gasteiger partial charge in [-0.2, -0.15) is 0 Å². The van der Waals surface area contributed by atoms with E-state index in [1.165, 1.54) is 0 Å². The molecule has 2 heterocycles. The fourth-order valence-corrected chi connectivity index (χ4v) is 3.96. The molecule has 1 fully saturated rings. The molecule has 0 atom stereocenters. The quantitative estimate of drug-likeness (QED) is 0.909. The number of nitrogens with one attached hydrogen (secondary N) is 1. The number of imidazole rings is 1. The van der Waals surface area contributed by atoms with Crippen LogP contribution in [0.3, 0.4) is 0 Å². The van der Waals surface area contributed by atoms with E-state index in [4.69, 9.17) is 4.74 Å². The second-order valence-electron chi connectivity index (χ2n) is 7.16. The number of aryl methyl sites for hydroxylation is 1. The molecule has 0 bridgehead atoms. The van der Waals surface area contributed by atoms with Crippen LogP contribution in [-0.4, -0.2) is 44.7 Å². The lowest BCUT2D eigenvalue weighted by Gasteiger charge is -2.28. The molecule has 0 unspecified atom stereocenters. The van der Waals surface area contributed by atoms with Crippen LogP contribution < -0.4 is 5.32 Å². The predicted octanol–water partition coefficient (Wildman–Crippen LogP) is 2.23. The molecule has 2 aliphatic rings. The van der Waals surface area contributed by atoms with Crippen LogP contribution in [0, 0.1) is 0 Å². The Balaban J connectivity index is 1.58. The molecule has 0 aliphatic heterocycles. The molecule has 0 aromatic carbocycles. The van der Waals surface area contributed by atoms with Crippen LogP contribution in [0.4, 0.5) is 0 Å². The highest BCUT2D eigenvalue weighted by molar-refractivity contribution is 5.94. The first kappa shape index (κ1) is 17.1. The lowest BCUT2D eigenvalue weighted by atomic mass is 9.92. The summed E-state index contributed by atoms with van der Waals surface area (Å²) >= 11 is 0. The Morgan fingerprint density at radius 1 is 1.19 bits per heavy atom. The minimum atomic E-state index is -0.0761. The Hall–Kier alpha value is -2.28. The smallest absolute Gasteiger partial charge is 0.270 e. The van der Waals surface area contributed by atoms with Crippen molar-refractivity contribution in [3.05, 3.63) is 35.7 Å². The number of aromatic nitrogens is 4. The summed E-state index contributed by atoms with van der Waals surface area (Å²) < 4.78 is 7.18. The van der Waals surface area contributed by atoms with Gasteiger partial charge in [0.15, 0.2) is 0 Å². The molecule has 0 spiro atoms. The molecular formula is C19H25N5O2. The molecule has 2 aliphatic carbocycles. The standard InChI is InChI=1S/C19H25N5O2/c1-26-14-8-6-13(7-9-14)21-18(25)17-15-4-2-3-5-16(15)22-19(23-17)24-11-10-20-12-24/h10-14H,2-9H2,1H3,(H,21,25)/t13-,14-. The van der Waals surface area contributed by atoms with E-state index in [0.717, 1.165) is 62.6 Å². The third-order valence-electron chi connectivity index (χ3n) is 5.46. The molecule has 0 saturated heterocycles. The first-order valence-corrected chi connectivity index (χ1v) is 9.46. The van der Waals surface area contributed by atoms with Crippen LogP contribution in [-0.2, 0) is 17.6 Å². The molecule has 138 valence electrons. The number of fused-ring (bicyclic) bond motifs is 1. The topological polar surface area (TPSA) is 81.9 Å². The minimum Gasteiger partial charge on any atom is -0.381 e. The van der Waals surface area contributed by atoms with Gasteiger partial charge in [0.2, 0.25) is 5.95 Å². The molecule has 1 saturated carbocycles. The number of hydrogen-bond donors (Lipinski definition) is 1. The van der Waals surface area contributed by atoms with Crippen molar-refractivity contribution in [3.63, 3.8) is 0 Å². The number of nitrogens with zero attached hydrogens (tertiary/aromatic N) is 4. The van der Waals surface area contributed by atoms with E-state index < -0.39 is 0 Å². The third-order valence-corrected chi connectivity index (χ3v) is 5.46. The summed E-state index contributed by atoms with van der Waals surface area (Å²) in [5, 5.41) is 3.19. The Kier molecular flexibility index (Phi) is 4.97. The number of rotatable bonds is 4. The summed E-state index contributed by atoms with van der Waals surface area (Å²) in [6.07, 6.45) is 13.3. The Bertz CT molecular complexity index is 766. The zero-order chi connectivity index (χ0) is 17.9. The van der Waals surface area contributed by atoms with Gasteiger partial charge in [-0.1, -0.05) is 0 Å². The van der Waals surface area contributed by atoms with Gasteiger partial charge in [0.05, 0.1) is 6.10 Å². The molecule has 1 amide bonds. The number of carbonyl (C=O) groups excluding carboxylic acids is 1. The number of ether oxygens (including phenoxy) is 1. The maximum atomic E-state index is 13.0. The van der Waals surface area contributed by atoms with Crippen molar-refractivity contribution in [3.8, 4) is 5.95 Å². The number of carbonyl (C=O) groups is 1. The summed E-state index contributed by atoms with van der Waals surface area (Å²) in [7, 11) is 1.76. The minimum absolute atomic E-state index is 0.0761.